The van der Waals surface area contributed by atoms with Crippen LogP contribution in [0.4, 0.5) is 0 Å². The Labute approximate surface area is 197 Å². The van der Waals surface area contributed by atoms with Crippen molar-refractivity contribution >= 4 is 40.4 Å². The predicted octanol–water partition coefficient (Wildman–Crippen LogP) is 5.25. The smallest absolute Gasteiger partial charge is 0.271 e. The number of phenolic OH excluding ortho intramolecular Hbond substituents is 1. The largest absolute Gasteiger partial charge is 0.506 e. The first-order valence-electron chi connectivity index (χ1n) is 11.0. The van der Waals surface area contributed by atoms with Crippen LogP contribution in [0.1, 0.15) is 54.1 Å². The average Bonchev–Trinajstić information content (AvgIpc) is 3.34. The molecular weight excluding hydrogens is 438 g/mol. The summed E-state index contributed by atoms with van der Waals surface area (Å²) in [4.78, 5) is 26.7. The standard InChI is InChI=1S/C26H26ClN3O3/c1-17(31)30(21-6-2-3-7-21)16-20-11-10-19(22-8-4-5-9-23(20)22)15-28-29-26(33)18-12-13-25(32)24(27)14-18/h4-5,8-15,21,32H,2-3,6-7,16H2,1H3,(H,29,33). The van der Waals surface area contributed by atoms with Crippen LogP contribution in [0.5, 0.6) is 5.75 Å². The maximum Gasteiger partial charge on any atom is 0.271 e. The van der Waals surface area contributed by atoms with Crippen LogP contribution < -0.4 is 5.43 Å². The van der Waals surface area contributed by atoms with Gasteiger partial charge in [-0.3, -0.25) is 9.59 Å². The normalized spacial score (nSPS) is 14.1. The second-order valence-electron chi connectivity index (χ2n) is 8.31. The van der Waals surface area contributed by atoms with Crippen molar-refractivity contribution in [3.05, 3.63) is 76.3 Å². The molecule has 1 saturated carbocycles. The second kappa shape index (κ2) is 10.0. The maximum absolute atomic E-state index is 12.3. The quantitative estimate of drug-likeness (QED) is 0.386. The Bertz CT molecular complexity index is 1220. The molecule has 0 unspecified atom stereocenters. The first-order chi connectivity index (χ1) is 15.9. The van der Waals surface area contributed by atoms with Crippen LogP contribution in [-0.2, 0) is 11.3 Å². The summed E-state index contributed by atoms with van der Waals surface area (Å²) in [6.45, 7) is 2.22. The fourth-order valence-corrected chi connectivity index (χ4v) is 4.59. The number of carbonyl (C=O) groups excluding carboxylic acids is 2. The molecule has 0 aliphatic heterocycles. The summed E-state index contributed by atoms with van der Waals surface area (Å²) in [5, 5.41) is 15.8. The highest BCUT2D eigenvalue weighted by Gasteiger charge is 2.25. The topological polar surface area (TPSA) is 82.0 Å². The lowest BCUT2D eigenvalue weighted by Gasteiger charge is -2.28. The molecular formula is C26H26ClN3O3. The van der Waals surface area contributed by atoms with Crippen LogP contribution in [0, 0.1) is 0 Å². The van der Waals surface area contributed by atoms with Crippen LogP contribution in [0.25, 0.3) is 10.8 Å². The molecule has 3 aromatic rings. The fraction of sp³-hybridized carbons (Fsp3) is 0.269. The van der Waals surface area contributed by atoms with Gasteiger partial charge in [0.1, 0.15) is 5.75 Å². The molecule has 33 heavy (non-hydrogen) atoms. The third-order valence-electron chi connectivity index (χ3n) is 6.14. The van der Waals surface area contributed by atoms with Crippen molar-refractivity contribution in [3.8, 4) is 5.75 Å². The Morgan fingerprint density at radius 2 is 1.85 bits per heavy atom. The van der Waals surface area contributed by atoms with Crippen molar-refractivity contribution in [2.45, 2.75) is 45.2 Å². The van der Waals surface area contributed by atoms with Crippen LogP contribution >= 0.6 is 11.6 Å². The SMILES string of the molecule is CC(=O)N(Cc1ccc(C=NNC(=O)c2ccc(O)c(Cl)c2)c2ccccc12)C1CCCC1. The molecule has 0 radical (unpaired) electrons. The molecule has 1 fully saturated rings. The first kappa shape index (κ1) is 22.8. The molecule has 4 rings (SSSR count). The monoisotopic (exact) mass is 463 g/mol. The van der Waals surface area contributed by atoms with E-state index in [4.69, 9.17) is 11.6 Å². The van der Waals surface area contributed by atoms with E-state index >= 15 is 0 Å². The summed E-state index contributed by atoms with van der Waals surface area (Å²) in [5.74, 6) is -0.407. The molecule has 0 bridgehead atoms. The molecule has 0 atom stereocenters. The molecule has 170 valence electrons. The molecule has 2 amide bonds. The van der Waals surface area contributed by atoms with Gasteiger partial charge >= 0.3 is 0 Å². The van der Waals surface area contributed by atoms with Gasteiger partial charge in [0.25, 0.3) is 5.91 Å². The Hall–Kier alpha value is -3.38. The lowest BCUT2D eigenvalue weighted by Crippen LogP contribution is -2.36. The number of hydrazone groups is 1. The molecule has 1 aliphatic rings. The van der Waals surface area contributed by atoms with E-state index in [2.05, 4.69) is 10.5 Å². The van der Waals surface area contributed by atoms with E-state index < -0.39 is 5.91 Å². The molecule has 2 N–H and O–H groups in total. The number of amides is 2. The Morgan fingerprint density at radius 3 is 2.55 bits per heavy atom. The van der Waals surface area contributed by atoms with Crippen LogP contribution in [0.3, 0.4) is 0 Å². The van der Waals surface area contributed by atoms with Crippen molar-refractivity contribution < 1.29 is 14.7 Å². The number of halogens is 1. The number of hydrogen-bond donors (Lipinski definition) is 2. The minimum Gasteiger partial charge on any atom is -0.506 e. The number of aromatic hydroxyl groups is 1. The van der Waals surface area contributed by atoms with Gasteiger partial charge in [-0.1, -0.05) is 60.8 Å². The van der Waals surface area contributed by atoms with E-state index in [0.717, 1.165) is 34.7 Å². The van der Waals surface area contributed by atoms with Gasteiger partial charge in [0.15, 0.2) is 0 Å². The molecule has 0 aromatic heterocycles. The predicted molar refractivity (Wildman–Crippen MR) is 131 cm³/mol. The van der Waals surface area contributed by atoms with Gasteiger partial charge in [0.05, 0.1) is 11.2 Å². The molecule has 6 nitrogen and oxygen atoms in total. The minimum absolute atomic E-state index is 0.0838. The summed E-state index contributed by atoms with van der Waals surface area (Å²) in [6.07, 6.45) is 6.08. The van der Waals surface area contributed by atoms with Crippen LogP contribution in [0.2, 0.25) is 5.02 Å². The highest BCUT2D eigenvalue weighted by atomic mass is 35.5. The third-order valence-corrected chi connectivity index (χ3v) is 6.44. The number of nitrogens with zero attached hydrogens (tertiary/aromatic N) is 2. The molecule has 0 heterocycles. The van der Waals surface area contributed by atoms with Gasteiger partial charge in [-0.25, -0.2) is 5.43 Å². The zero-order valence-corrected chi connectivity index (χ0v) is 19.2. The Morgan fingerprint density at radius 1 is 1.12 bits per heavy atom. The van der Waals surface area contributed by atoms with Gasteiger partial charge in [0, 0.05) is 30.6 Å². The number of fused-ring (bicyclic) bond motifs is 1. The average molecular weight is 464 g/mol. The number of rotatable bonds is 6. The lowest BCUT2D eigenvalue weighted by atomic mass is 9.99. The molecule has 7 heteroatoms. The summed E-state index contributed by atoms with van der Waals surface area (Å²) >= 11 is 5.87. The highest BCUT2D eigenvalue weighted by molar-refractivity contribution is 6.32. The Balaban J connectivity index is 1.55. The van der Waals surface area contributed by atoms with Gasteiger partial charge in [-0.15, -0.1) is 0 Å². The van der Waals surface area contributed by atoms with Crippen molar-refractivity contribution in [1.29, 1.82) is 0 Å². The number of nitrogens with one attached hydrogen (secondary N) is 1. The molecule has 1 aliphatic carbocycles. The van der Waals surface area contributed by atoms with Gasteiger partial charge < -0.3 is 10.0 Å². The maximum atomic E-state index is 12.3. The summed E-state index contributed by atoms with van der Waals surface area (Å²) in [5.41, 5.74) is 4.74. The minimum atomic E-state index is -0.428. The van der Waals surface area contributed by atoms with Crippen LogP contribution in [-0.4, -0.2) is 34.1 Å². The van der Waals surface area contributed by atoms with E-state index in [9.17, 15) is 14.7 Å². The summed E-state index contributed by atoms with van der Waals surface area (Å²) < 4.78 is 0. The fourth-order valence-electron chi connectivity index (χ4n) is 4.41. The Kier molecular flexibility index (Phi) is 6.94. The van der Waals surface area contributed by atoms with Crippen molar-refractivity contribution in [3.63, 3.8) is 0 Å². The van der Waals surface area contributed by atoms with Gasteiger partial charge in [0.2, 0.25) is 5.91 Å². The number of benzene rings is 3. The van der Waals surface area contributed by atoms with Crippen LogP contribution in [0.15, 0.2) is 59.7 Å². The van der Waals surface area contributed by atoms with E-state index in [1.807, 2.05) is 41.3 Å². The first-order valence-corrected chi connectivity index (χ1v) is 11.4. The van der Waals surface area contributed by atoms with Crippen molar-refractivity contribution in [2.75, 3.05) is 0 Å². The third kappa shape index (κ3) is 5.17. The number of phenols is 1. The van der Waals surface area contributed by atoms with Gasteiger partial charge in [-0.2, -0.15) is 5.10 Å². The van der Waals surface area contributed by atoms with E-state index in [-0.39, 0.29) is 16.7 Å². The van der Waals surface area contributed by atoms with E-state index in [1.165, 1.54) is 31.0 Å². The molecule has 0 saturated heterocycles. The van der Waals surface area contributed by atoms with Gasteiger partial charge in [-0.05, 0) is 47.4 Å². The van der Waals surface area contributed by atoms with E-state index in [1.54, 1.807) is 13.1 Å². The second-order valence-corrected chi connectivity index (χ2v) is 8.72. The zero-order valence-electron chi connectivity index (χ0n) is 18.4. The number of hydrogen-bond acceptors (Lipinski definition) is 4. The highest BCUT2D eigenvalue weighted by Crippen LogP contribution is 2.28. The number of carbonyl (C=O) groups is 2. The summed E-state index contributed by atoms with van der Waals surface area (Å²) in [7, 11) is 0. The zero-order chi connectivity index (χ0) is 23.4. The summed E-state index contributed by atoms with van der Waals surface area (Å²) in [6, 6.07) is 16.5. The lowest BCUT2D eigenvalue weighted by molar-refractivity contribution is -0.131. The molecule has 3 aromatic carbocycles. The molecule has 0 spiro atoms. The van der Waals surface area contributed by atoms with Crippen molar-refractivity contribution in [1.82, 2.24) is 10.3 Å². The van der Waals surface area contributed by atoms with E-state index in [0.29, 0.717) is 18.2 Å². The van der Waals surface area contributed by atoms with Crippen molar-refractivity contribution in [2.24, 2.45) is 5.10 Å².